The van der Waals surface area contributed by atoms with Crippen molar-refractivity contribution in [1.29, 1.82) is 0 Å². The number of nitrogens with zero attached hydrogens (tertiary/aromatic N) is 1. The Labute approximate surface area is 103 Å². The summed E-state index contributed by atoms with van der Waals surface area (Å²) in [4.78, 5) is 2.64. The van der Waals surface area contributed by atoms with Crippen molar-refractivity contribution in [2.75, 3.05) is 13.1 Å². The molecule has 0 aromatic heterocycles. The molecule has 2 heteroatoms. The Morgan fingerprint density at radius 1 is 1.12 bits per heavy atom. The van der Waals surface area contributed by atoms with Crippen LogP contribution in [-0.4, -0.2) is 29.1 Å². The molecule has 17 heavy (non-hydrogen) atoms. The van der Waals surface area contributed by atoms with E-state index in [2.05, 4.69) is 17.1 Å². The molecule has 1 heterocycles. The monoisotopic (exact) mass is 231 g/mol. The largest absolute Gasteiger partial charge is 0.512 e. The maximum atomic E-state index is 9.58. The van der Waals surface area contributed by atoms with Crippen LogP contribution in [0.25, 0.3) is 0 Å². The van der Waals surface area contributed by atoms with Gasteiger partial charge < -0.3 is 5.11 Å². The lowest BCUT2D eigenvalue weighted by Crippen LogP contribution is -2.33. The zero-order valence-electron chi connectivity index (χ0n) is 10.4. The summed E-state index contributed by atoms with van der Waals surface area (Å²) in [5, 5.41) is 9.58. The fourth-order valence-electron chi connectivity index (χ4n) is 3.30. The van der Waals surface area contributed by atoms with Gasteiger partial charge in [0.2, 0.25) is 0 Å². The Morgan fingerprint density at radius 2 is 1.94 bits per heavy atom. The minimum atomic E-state index is 0.509. The van der Waals surface area contributed by atoms with E-state index < -0.39 is 0 Å². The smallest absolute Gasteiger partial charge is 0.0966 e. The zero-order chi connectivity index (χ0) is 11.7. The van der Waals surface area contributed by atoms with Gasteiger partial charge in [0.15, 0.2) is 0 Å². The molecule has 1 N–H and O–H groups in total. The van der Waals surface area contributed by atoms with Gasteiger partial charge in [0, 0.05) is 25.6 Å². The van der Waals surface area contributed by atoms with E-state index in [9.17, 15) is 5.11 Å². The molecule has 0 spiro atoms. The van der Waals surface area contributed by atoms with E-state index in [0.717, 1.165) is 25.4 Å². The normalized spacial score (nSPS) is 26.9. The summed E-state index contributed by atoms with van der Waals surface area (Å²) in [5.74, 6) is 0.509. The second kappa shape index (κ2) is 4.69. The average Bonchev–Trinajstić information content (AvgIpc) is 2.77. The Hall–Kier alpha value is -1.02. The van der Waals surface area contributed by atoms with Gasteiger partial charge in [0.1, 0.15) is 0 Å². The fraction of sp³-hybridized carbons (Fsp3) is 0.600. The summed E-state index contributed by atoms with van der Waals surface area (Å²) in [6, 6.07) is 0.814. The molecule has 0 amide bonds. The lowest BCUT2D eigenvalue weighted by molar-refractivity contribution is 0.225. The topological polar surface area (TPSA) is 23.5 Å². The van der Waals surface area contributed by atoms with Crippen molar-refractivity contribution in [2.24, 2.45) is 0 Å². The lowest BCUT2D eigenvalue weighted by Gasteiger charge is -2.26. The molecule has 1 fully saturated rings. The van der Waals surface area contributed by atoms with E-state index in [0.29, 0.717) is 5.76 Å². The third-order valence-corrected chi connectivity index (χ3v) is 4.34. The van der Waals surface area contributed by atoms with Crippen LogP contribution in [-0.2, 0) is 0 Å². The van der Waals surface area contributed by atoms with Crippen LogP contribution in [0.1, 0.15) is 38.5 Å². The molecule has 92 valence electrons. The first-order valence-corrected chi connectivity index (χ1v) is 6.85. The Kier molecular flexibility index (Phi) is 3.06. The first-order chi connectivity index (χ1) is 8.33. The molecule has 1 saturated carbocycles. The molecule has 0 aromatic carbocycles. The van der Waals surface area contributed by atoms with Gasteiger partial charge in [-0.05, 0) is 36.5 Å². The molecular weight excluding hydrogens is 210 g/mol. The molecular formula is C15H21NO. The molecule has 0 unspecified atom stereocenters. The van der Waals surface area contributed by atoms with Crippen molar-refractivity contribution < 1.29 is 5.11 Å². The number of hydrogen-bond donors (Lipinski definition) is 1. The number of aliphatic hydroxyl groups is 1. The van der Waals surface area contributed by atoms with Gasteiger partial charge in [-0.15, -0.1) is 0 Å². The highest BCUT2D eigenvalue weighted by Crippen LogP contribution is 2.31. The lowest BCUT2D eigenvalue weighted by atomic mass is 9.95. The van der Waals surface area contributed by atoms with Crippen molar-refractivity contribution in [1.82, 2.24) is 4.90 Å². The molecule has 1 aliphatic heterocycles. The SMILES string of the molecule is OC1=CC=C2CCN(C3CCCC3)CC=C2C1. The zero-order valence-corrected chi connectivity index (χ0v) is 10.4. The van der Waals surface area contributed by atoms with E-state index in [1.54, 1.807) is 0 Å². The van der Waals surface area contributed by atoms with Gasteiger partial charge in [0.25, 0.3) is 0 Å². The van der Waals surface area contributed by atoms with Crippen LogP contribution in [0.15, 0.2) is 35.1 Å². The first kappa shape index (κ1) is 11.1. The second-order valence-electron chi connectivity index (χ2n) is 5.44. The van der Waals surface area contributed by atoms with Crippen molar-refractivity contribution in [3.05, 3.63) is 35.1 Å². The second-order valence-corrected chi connectivity index (χ2v) is 5.44. The highest BCUT2D eigenvalue weighted by atomic mass is 16.3. The van der Waals surface area contributed by atoms with Crippen LogP contribution in [0.4, 0.5) is 0 Å². The standard InChI is InChI=1S/C15H21NO/c17-15-6-5-12-7-9-16(10-8-13(12)11-15)14-3-1-2-4-14/h5-6,8,14,17H,1-4,7,9-11H2. The highest BCUT2D eigenvalue weighted by Gasteiger charge is 2.24. The van der Waals surface area contributed by atoms with Crippen LogP contribution >= 0.6 is 0 Å². The molecule has 0 atom stereocenters. The maximum Gasteiger partial charge on any atom is 0.0966 e. The molecule has 2 nitrogen and oxygen atoms in total. The van der Waals surface area contributed by atoms with Crippen LogP contribution in [0.3, 0.4) is 0 Å². The summed E-state index contributed by atoms with van der Waals surface area (Å²) in [6.45, 7) is 2.26. The number of allylic oxidation sites excluding steroid dienone is 3. The molecule has 0 radical (unpaired) electrons. The fourth-order valence-corrected chi connectivity index (χ4v) is 3.30. The quantitative estimate of drug-likeness (QED) is 0.748. The van der Waals surface area contributed by atoms with Crippen LogP contribution in [0, 0.1) is 0 Å². The Morgan fingerprint density at radius 3 is 2.76 bits per heavy atom. The molecule has 0 aromatic rings. The van der Waals surface area contributed by atoms with Crippen LogP contribution < -0.4 is 0 Å². The number of aliphatic hydroxyl groups excluding tert-OH is 1. The van der Waals surface area contributed by atoms with E-state index in [1.807, 2.05) is 6.08 Å². The third kappa shape index (κ3) is 2.32. The average molecular weight is 231 g/mol. The van der Waals surface area contributed by atoms with Crippen LogP contribution in [0.5, 0.6) is 0 Å². The summed E-state index contributed by atoms with van der Waals surface area (Å²) < 4.78 is 0. The molecule has 3 rings (SSSR count). The third-order valence-electron chi connectivity index (χ3n) is 4.34. The summed E-state index contributed by atoms with van der Waals surface area (Å²) in [7, 11) is 0. The van der Waals surface area contributed by atoms with Gasteiger partial charge in [-0.25, -0.2) is 0 Å². The van der Waals surface area contributed by atoms with Crippen LogP contribution in [0.2, 0.25) is 0 Å². The highest BCUT2D eigenvalue weighted by molar-refractivity contribution is 5.41. The Balaban J connectivity index is 1.73. The first-order valence-electron chi connectivity index (χ1n) is 6.85. The maximum absolute atomic E-state index is 9.58. The predicted octanol–water partition coefficient (Wildman–Crippen LogP) is 3.33. The van der Waals surface area contributed by atoms with Crippen molar-refractivity contribution >= 4 is 0 Å². The van der Waals surface area contributed by atoms with Crippen molar-refractivity contribution in [3.63, 3.8) is 0 Å². The minimum Gasteiger partial charge on any atom is -0.512 e. The van der Waals surface area contributed by atoms with E-state index in [1.165, 1.54) is 43.4 Å². The molecule has 3 aliphatic rings. The number of hydrogen-bond acceptors (Lipinski definition) is 2. The van der Waals surface area contributed by atoms with Crippen molar-refractivity contribution in [3.8, 4) is 0 Å². The van der Waals surface area contributed by atoms with E-state index >= 15 is 0 Å². The molecule has 0 bridgehead atoms. The van der Waals surface area contributed by atoms with E-state index in [-0.39, 0.29) is 0 Å². The molecule has 2 aliphatic carbocycles. The predicted molar refractivity (Wildman–Crippen MR) is 69.9 cm³/mol. The van der Waals surface area contributed by atoms with Crippen molar-refractivity contribution in [2.45, 2.75) is 44.6 Å². The van der Waals surface area contributed by atoms with Gasteiger partial charge >= 0.3 is 0 Å². The Bertz CT molecular complexity index is 386. The minimum absolute atomic E-state index is 0.509. The van der Waals surface area contributed by atoms with Gasteiger partial charge in [-0.3, -0.25) is 4.90 Å². The van der Waals surface area contributed by atoms with Gasteiger partial charge in [-0.2, -0.15) is 0 Å². The number of rotatable bonds is 1. The summed E-state index contributed by atoms with van der Waals surface area (Å²) >= 11 is 0. The summed E-state index contributed by atoms with van der Waals surface area (Å²) in [5.41, 5.74) is 2.79. The summed E-state index contributed by atoms with van der Waals surface area (Å²) in [6.07, 6.45) is 13.8. The van der Waals surface area contributed by atoms with Gasteiger partial charge in [-0.1, -0.05) is 25.0 Å². The number of fused-ring (bicyclic) bond motifs is 1. The molecule has 0 saturated heterocycles. The van der Waals surface area contributed by atoms with Gasteiger partial charge in [0.05, 0.1) is 5.76 Å². The van der Waals surface area contributed by atoms with E-state index in [4.69, 9.17) is 0 Å².